The Kier molecular flexibility index (Phi) is 4.75. The van der Waals surface area contributed by atoms with Gasteiger partial charge in [0.2, 0.25) is 0 Å². The predicted molar refractivity (Wildman–Crippen MR) is 72.4 cm³/mol. The first-order chi connectivity index (χ1) is 9.91. The first kappa shape index (κ1) is 15.7. The van der Waals surface area contributed by atoms with Crippen LogP contribution in [0.1, 0.15) is 36.3 Å². The number of halogens is 3. The molecule has 1 atom stereocenters. The Morgan fingerprint density at radius 2 is 2.19 bits per heavy atom. The predicted octanol–water partition coefficient (Wildman–Crippen LogP) is 3.18. The third-order valence-electron chi connectivity index (χ3n) is 3.83. The van der Waals surface area contributed by atoms with E-state index in [2.05, 4.69) is 0 Å². The topological polar surface area (TPSA) is 38.3 Å². The van der Waals surface area contributed by atoms with E-state index in [1.54, 1.807) is 7.11 Å². The van der Waals surface area contributed by atoms with Crippen LogP contribution < -0.4 is 10.1 Å². The van der Waals surface area contributed by atoms with E-state index < -0.39 is 12.1 Å². The van der Waals surface area contributed by atoms with Crippen molar-refractivity contribution >= 4 is 5.91 Å². The molecule has 0 bridgehead atoms. The number of carbonyl (C=O) groups is 1. The summed E-state index contributed by atoms with van der Waals surface area (Å²) in [6, 6.07) is 5.85. The number of nitrogens with one attached hydrogen (secondary N) is 1. The third kappa shape index (κ3) is 3.89. The van der Waals surface area contributed by atoms with Gasteiger partial charge in [0.1, 0.15) is 5.75 Å². The molecular weight excluding hydrogens is 283 g/mol. The number of alkyl halides is 3. The SMILES string of the molecule is COc1ccc2c(c1)[C@H](CCNC(=O)C(F)(F)F)CCC2. The zero-order valence-electron chi connectivity index (χ0n) is 11.8. The maximum absolute atomic E-state index is 12.1. The zero-order valence-corrected chi connectivity index (χ0v) is 11.8. The fourth-order valence-corrected chi connectivity index (χ4v) is 2.76. The van der Waals surface area contributed by atoms with E-state index in [4.69, 9.17) is 4.74 Å². The highest BCUT2D eigenvalue weighted by Crippen LogP contribution is 2.35. The van der Waals surface area contributed by atoms with E-state index in [1.165, 1.54) is 5.56 Å². The number of amides is 1. The van der Waals surface area contributed by atoms with Crippen molar-refractivity contribution in [3.05, 3.63) is 29.3 Å². The second-order valence-electron chi connectivity index (χ2n) is 5.20. The molecule has 0 unspecified atom stereocenters. The van der Waals surface area contributed by atoms with Gasteiger partial charge in [0.15, 0.2) is 0 Å². The summed E-state index contributed by atoms with van der Waals surface area (Å²) in [6.45, 7) is 0.0274. The summed E-state index contributed by atoms with van der Waals surface area (Å²) in [7, 11) is 1.59. The fraction of sp³-hybridized carbons (Fsp3) is 0.533. The van der Waals surface area contributed by atoms with Gasteiger partial charge in [-0.1, -0.05) is 6.07 Å². The van der Waals surface area contributed by atoms with Gasteiger partial charge in [-0.3, -0.25) is 4.79 Å². The summed E-state index contributed by atoms with van der Waals surface area (Å²) < 4.78 is 41.6. The van der Waals surface area contributed by atoms with Crippen molar-refractivity contribution in [2.45, 2.75) is 37.8 Å². The second-order valence-corrected chi connectivity index (χ2v) is 5.20. The molecule has 1 aliphatic carbocycles. The number of methoxy groups -OCH3 is 1. The van der Waals surface area contributed by atoms with Crippen LogP contribution in [0.4, 0.5) is 13.2 Å². The highest BCUT2D eigenvalue weighted by atomic mass is 19.4. The Morgan fingerprint density at radius 3 is 2.86 bits per heavy atom. The quantitative estimate of drug-likeness (QED) is 0.927. The molecule has 6 heteroatoms. The summed E-state index contributed by atoms with van der Waals surface area (Å²) in [5, 5.41) is 1.93. The third-order valence-corrected chi connectivity index (χ3v) is 3.83. The van der Waals surface area contributed by atoms with Crippen molar-refractivity contribution < 1.29 is 22.7 Å². The van der Waals surface area contributed by atoms with Crippen molar-refractivity contribution in [1.29, 1.82) is 0 Å². The maximum Gasteiger partial charge on any atom is 0.471 e. The Hall–Kier alpha value is -1.72. The average Bonchev–Trinajstić information content (AvgIpc) is 2.45. The molecule has 1 N–H and O–H groups in total. The van der Waals surface area contributed by atoms with Crippen LogP contribution in [-0.2, 0) is 11.2 Å². The highest BCUT2D eigenvalue weighted by Gasteiger charge is 2.38. The minimum Gasteiger partial charge on any atom is -0.497 e. The van der Waals surface area contributed by atoms with E-state index in [0.717, 1.165) is 30.6 Å². The number of ether oxygens (including phenoxy) is 1. The Bertz CT molecular complexity index is 514. The van der Waals surface area contributed by atoms with Gasteiger partial charge in [-0.05, 0) is 54.9 Å². The molecule has 1 aromatic carbocycles. The smallest absolute Gasteiger partial charge is 0.471 e. The molecule has 116 valence electrons. The Morgan fingerprint density at radius 1 is 1.43 bits per heavy atom. The molecule has 0 fully saturated rings. The molecule has 0 saturated carbocycles. The number of aryl methyl sites for hydroxylation is 1. The summed E-state index contributed by atoms with van der Waals surface area (Å²) in [4.78, 5) is 10.8. The Labute approximate surface area is 121 Å². The molecule has 0 heterocycles. The number of fused-ring (bicyclic) bond motifs is 1. The van der Waals surface area contributed by atoms with Gasteiger partial charge in [0, 0.05) is 6.54 Å². The van der Waals surface area contributed by atoms with Crippen molar-refractivity contribution in [1.82, 2.24) is 5.32 Å². The molecule has 1 aromatic rings. The molecular formula is C15H18F3NO2. The second kappa shape index (κ2) is 6.37. The van der Waals surface area contributed by atoms with Gasteiger partial charge in [0.05, 0.1) is 7.11 Å². The van der Waals surface area contributed by atoms with Gasteiger partial charge >= 0.3 is 12.1 Å². The van der Waals surface area contributed by atoms with E-state index in [-0.39, 0.29) is 12.5 Å². The normalized spacial score (nSPS) is 18.0. The number of rotatable bonds is 4. The van der Waals surface area contributed by atoms with Gasteiger partial charge in [0.25, 0.3) is 0 Å². The van der Waals surface area contributed by atoms with Crippen LogP contribution in [0.15, 0.2) is 18.2 Å². The fourth-order valence-electron chi connectivity index (χ4n) is 2.76. The molecule has 0 spiro atoms. The molecule has 1 amide bonds. The van der Waals surface area contributed by atoms with Crippen molar-refractivity contribution in [2.24, 2.45) is 0 Å². The molecule has 0 radical (unpaired) electrons. The molecule has 0 aliphatic heterocycles. The van der Waals surface area contributed by atoms with Crippen LogP contribution in [0.25, 0.3) is 0 Å². The van der Waals surface area contributed by atoms with Gasteiger partial charge < -0.3 is 10.1 Å². The maximum atomic E-state index is 12.1. The van der Waals surface area contributed by atoms with Crippen molar-refractivity contribution in [2.75, 3.05) is 13.7 Å². The highest BCUT2D eigenvalue weighted by molar-refractivity contribution is 5.81. The standard InChI is InChI=1S/C15H18F3NO2/c1-21-12-6-5-10-3-2-4-11(13(10)9-12)7-8-19-14(20)15(16,17)18/h5-6,9,11H,2-4,7-8H2,1H3,(H,19,20)/t11-/m0/s1. The summed E-state index contributed by atoms with van der Waals surface area (Å²) in [5.41, 5.74) is 2.34. The minimum absolute atomic E-state index is 0.0274. The molecule has 0 saturated heterocycles. The molecule has 3 nitrogen and oxygen atoms in total. The largest absolute Gasteiger partial charge is 0.497 e. The lowest BCUT2D eigenvalue weighted by atomic mass is 9.81. The zero-order chi connectivity index (χ0) is 15.5. The van der Waals surface area contributed by atoms with Crippen LogP contribution in [0.3, 0.4) is 0 Å². The first-order valence-corrected chi connectivity index (χ1v) is 6.93. The van der Waals surface area contributed by atoms with E-state index >= 15 is 0 Å². The van der Waals surface area contributed by atoms with Crippen LogP contribution in [0, 0.1) is 0 Å². The number of hydrogen-bond acceptors (Lipinski definition) is 2. The molecule has 0 aromatic heterocycles. The molecule has 2 rings (SSSR count). The monoisotopic (exact) mass is 301 g/mol. The Balaban J connectivity index is 1.98. The van der Waals surface area contributed by atoms with Gasteiger partial charge in [-0.15, -0.1) is 0 Å². The van der Waals surface area contributed by atoms with E-state index in [0.29, 0.717) is 6.42 Å². The number of hydrogen-bond donors (Lipinski definition) is 1. The molecule has 21 heavy (non-hydrogen) atoms. The first-order valence-electron chi connectivity index (χ1n) is 6.93. The van der Waals surface area contributed by atoms with Gasteiger partial charge in [-0.2, -0.15) is 13.2 Å². The summed E-state index contributed by atoms with van der Waals surface area (Å²) >= 11 is 0. The minimum atomic E-state index is -4.81. The summed E-state index contributed by atoms with van der Waals surface area (Å²) in [6.07, 6.45) is -1.40. The summed E-state index contributed by atoms with van der Waals surface area (Å²) in [5.74, 6) is -0.957. The molecule has 1 aliphatic rings. The average molecular weight is 301 g/mol. The van der Waals surface area contributed by atoms with Crippen LogP contribution in [0.5, 0.6) is 5.75 Å². The van der Waals surface area contributed by atoms with Gasteiger partial charge in [-0.25, -0.2) is 0 Å². The lowest BCUT2D eigenvalue weighted by Gasteiger charge is -2.26. The number of benzene rings is 1. The lowest BCUT2D eigenvalue weighted by molar-refractivity contribution is -0.173. The number of carbonyl (C=O) groups excluding carboxylic acids is 1. The van der Waals surface area contributed by atoms with Crippen LogP contribution in [0.2, 0.25) is 0 Å². The van der Waals surface area contributed by atoms with E-state index in [9.17, 15) is 18.0 Å². The van der Waals surface area contributed by atoms with E-state index in [1.807, 2.05) is 23.5 Å². The van der Waals surface area contributed by atoms with Crippen LogP contribution in [-0.4, -0.2) is 25.7 Å². The van der Waals surface area contributed by atoms with Crippen molar-refractivity contribution in [3.8, 4) is 5.75 Å². The lowest BCUT2D eigenvalue weighted by Crippen LogP contribution is -2.37. The van der Waals surface area contributed by atoms with Crippen LogP contribution >= 0.6 is 0 Å². The van der Waals surface area contributed by atoms with Crippen molar-refractivity contribution in [3.63, 3.8) is 0 Å².